The van der Waals surface area contributed by atoms with Crippen LogP contribution in [0.2, 0.25) is 0 Å². The van der Waals surface area contributed by atoms with Crippen LogP contribution >= 0.6 is 0 Å². The normalized spacial score (nSPS) is 14.7. The Balaban J connectivity index is 1.59. The molecule has 3 rings (SSSR count). The smallest absolute Gasteiger partial charge is 0.290 e. The van der Waals surface area contributed by atoms with Crippen molar-refractivity contribution in [3.63, 3.8) is 0 Å². The first-order valence-electron chi connectivity index (χ1n) is 5.88. The van der Waals surface area contributed by atoms with Crippen LogP contribution in [0.15, 0.2) is 21.2 Å². The average molecular weight is 247 g/mol. The monoisotopic (exact) mass is 247 g/mol. The van der Waals surface area contributed by atoms with Gasteiger partial charge >= 0.3 is 0 Å². The molecule has 18 heavy (non-hydrogen) atoms. The minimum atomic E-state index is -0.301. The van der Waals surface area contributed by atoms with Gasteiger partial charge in [0.05, 0.1) is 18.4 Å². The van der Waals surface area contributed by atoms with Crippen molar-refractivity contribution in [2.24, 2.45) is 0 Å². The van der Waals surface area contributed by atoms with E-state index in [1.165, 1.54) is 0 Å². The predicted octanol–water partition coefficient (Wildman–Crippen LogP) is 1.78. The molecule has 1 amide bonds. The molecule has 1 aliphatic carbocycles. The second-order valence-corrected chi connectivity index (χ2v) is 4.44. The summed E-state index contributed by atoms with van der Waals surface area (Å²) >= 11 is 0. The number of carbonyl (C=O) groups is 1. The minimum absolute atomic E-state index is 0.236. The van der Waals surface area contributed by atoms with Crippen LogP contribution in [0.5, 0.6) is 0 Å². The fourth-order valence-electron chi connectivity index (χ4n) is 1.69. The molecule has 1 aliphatic rings. The number of amides is 1. The number of carbonyl (C=O) groups excluding carboxylic acids is 1. The fraction of sp³-hybridized carbons (Fsp3) is 0.417. The highest BCUT2D eigenvalue weighted by molar-refractivity contribution is 5.91. The van der Waals surface area contributed by atoms with Crippen LogP contribution in [0.3, 0.4) is 0 Å². The van der Waals surface area contributed by atoms with E-state index >= 15 is 0 Å². The summed E-state index contributed by atoms with van der Waals surface area (Å²) < 4.78 is 10.3. The van der Waals surface area contributed by atoms with E-state index in [0.29, 0.717) is 11.8 Å². The van der Waals surface area contributed by atoms with Gasteiger partial charge in [0.2, 0.25) is 11.7 Å². The second kappa shape index (κ2) is 4.29. The molecule has 6 heteroatoms. The van der Waals surface area contributed by atoms with E-state index in [2.05, 4.69) is 15.5 Å². The zero-order valence-electron chi connectivity index (χ0n) is 9.97. The molecule has 1 saturated carbocycles. The van der Waals surface area contributed by atoms with Gasteiger partial charge in [0.15, 0.2) is 0 Å². The van der Waals surface area contributed by atoms with Crippen molar-refractivity contribution in [1.29, 1.82) is 0 Å². The first-order chi connectivity index (χ1) is 8.72. The van der Waals surface area contributed by atoms with Gasteiger partial charge in [-0.25, -0.2) is 4.98 Å². The fourth-order valence-corrected chi connectivity index (χ4v) is 1.69. The molecule has 0 bridgehead atoms. The van der Waals surface area contributed by atoms with Crippen LogP contribution in [0, 0.1) is 6.92 Å². The third-order valence-corrected chi connectivity index (χ3v) is 2.82. The summed E-state index contributed by atoms with van der Waals surface area (Å²) in [6.07, 6.45) is 3.87. The molecule has 0 spiro atoms. The Kier molecular flexibility index (Phi) is 2.62. The summed E-state index contributed by atoms with van der Waals surface area (Å²) in [6, 6.07) is 1.70. The molecule has 0 atom stereocenters. The first-order valence-corrected chi connectivity index (χ1v) is 5.88. The maximum atomic E-state index is 11.8. The molecule has 0 aliphatic heterocycles. The van der Waals surface area contributed by atoms with Crippen LogP contribution < -0.4 is 5.32 Å². The third kappa shape index (κ3) is 2.27. The lowest BCUT2D eigenvalue weighted by atomic mass is 10.2. The zero-order valence-corrected chi connectivity index (χ0v) is 9.97. The quantitative estimate of drug-likeness (QED) is 0.890. The van der Waals surface area contributed by atoms with Crippen LogP contribution in [-0.4, -0.2) is 16.0 Å². The van der Waals surface area contributed by atoms with Crippen molar-refractivity contribution in [2.75, 3.05) is 0 Å². The van der Waals surface area contributed by atoms with E-state index in [1.807, 2.05) is 0 Å². The highest BCUT2D eigenvalue weighted by atomic mass is 16.5. The van der Waals surface area contributed by atoms with E-state index in [0.717, 1.165) is 24.3 Å². The van der Waals surface area contributed by atoms with Crippen LogP contribution in [0.25, 0.3) is 0 Å². The van der Waals surface area contributed by atoms with Crippen molar-refractivity contribution >= 4 is 5.91 Å². The van der Waals surface area contributed by atoms with Crippen molar-refractivity contribution in [2.45, 2.75) is 32.2 Å². The highest BCUT2D eigenvalue weighted by Gasteiger charge is 2.28. The Hall–Kier alpha value is -2.11. The van der Waals surface area contributed by atoms with E-state index in [9.17, 15) is 4.79 Å². The van der Waals surface area contributed by atoms with E-state index in [-0.39, 0.29) is 18.2 Å². The van der Waals surface area contributed by atoms with Crippen LogP contribution in [0.4, 0.5) is 0 Å². The van der Waals surface area contributed by atoms with Crippen LogP contribution in [-0.2, 0) is 6.54 Å². The summed E-state index contributed by atoms with van der Waals surface area (Å²) in [5.74, 6) is 1.60. The molecule has 0 aromatic carbocycles. The molecular weight excluding hydrogens is 234 g/mol. The van der Waals surface area contributed by atoms with Gasteiger partial charge in [-0.2, -0.15) is 0 Å². The van der Waals surface area contributed by atoms with Gasteiger partial charge in [-0.15, -0.1) is 0 Å². The molecule has 1 N–H and O–H groups in total. The molecule has 2 aromatic heterocycles. The number of hydrogen-bond donors (Lipinski definition) is 1. The molecule has 6 nitrogen and oxygen atoms in total. The van der Waals surface area contributed by atoms with E-state index in [1.54, 1.807) is 19.2 Å². The number of aromatic nitrogens is 2. The van der Waals surface area contributed by atoms with Crippen molar-refractivity contribution < 1.29 is 13.7 Å². The van der Waals surface area contributed by atoms with Gasteiger partial charge in [-0.1, -0.05) is 5.16 Å². The number of aryl methyl sites for hydroxylation is 1. The van der Waals surface area contributed by atoms with Crippen molar-refractivity contribution in [3.05, 3.63) is 35.4 Å². The lowest BCUT2D eigenvalue weighted by molar-refractivity contribution is 0.0910. The van der Waals surface area contributed by atoms with Gasteiger partial charge in [-0.3, -0.25) is 4.79 Å². The van der Waals surface area contributed by atoms with E-state index < -0.39 is 0 Å². The standard InChI is InChI=1S/C12H13N3O3/c1-7-5-13-11(17-7)6-14-12(16)10-4-9(15-18-10)8-2-3-8/h4-5,8H,2-3,6H2,1H3,(H,14,16). The van der Waals surface area contributed by atoms with Gasteiger partial charge < -0.3 is 14.3 Å². The summed E-state index contributed by atoms with van der Waals surface area (Å²) in [5, 5.41) is 6.56. The Labute approximate surface area is 103 Å². The number of hydrogen-bond acceptors (Lipinski definition) is 5. The van der Waals surface area contributed by atoms with E-state index in [4.69, 9.17) is 8.94 Å². The summed E-state index contributed by atoms with van der Waals surface area (Å²) in [4.78, 5) is 15.8. The summed E-state index contributed by atoms with van der Waals surface area (Å²) in [6.45, 7) is 2.04. The SMILES string of the molecule is Cc1cnc(CNC(=O)c2cc(C3CC3)no2)o1. The van der Waals surface area contributed by atoms with Gasteiger partial charge in [0.1, 0.15) is 5.76 Å². The number of nitrogens with zero attached hydrogens (tertiary/aromatic N) is 2. The zero-order chi connectivity index (χ0) is 12.5. The summed E-state index contributed by atoms with van der Waals surface area (Å²) in [5.41, 5.74) is 0.868. The number of oxazole rings is 1. The minimum Gasteiger partial charge on any atom is -0.444 e. The molecule has 0 saturated heterocycles. The molecule has 1 fully saturated rings. The maximum Gasteiger partial charge on any atom is 0.290 e. The molecule has 2 aromatic rings. The first kappa shape index (κ1) is 11.0. The van der Waals surface area contributed by atoms with Gasteiger partial charge in [0.25, 0.3) is 5.91 Å². The van der Waals surface area contributed by atoms with Gasteiger partial charge in [-0.05, 0) is 19.8 Å². The maximum absolute atomic E-state index is 11.8. The van der Waals surface area contributed by atoms with Gasteiger partial charge in [0, 0.05) is 12.0 Å². The lowest BCUT2D eigenvalue weighted by Gasteiger charge is -1.97. The topological polar surface area (TPSA) is 81.2 Å². The Morgan fingerprint density at radius 3 is 3.06 bits per heavy atom. The largest absolute Gasteiger partial charge is 0.444 e. The van der Waals surface area contributed by atoms with Crippen molar-refractivity contribution in [3.8, 4) is 0 Å². The summed E-state index contributed by atoms with van der Waals surface area (Å²) in [7, 11) is 0. The molecule has 94 valence electrons. The molecule has 2 heterocycles. The van der Waals surface area contributed by atoms with Crippen LogP contribution in [0.1, 0.15) is 46.7 Å². The Morgan fingerprint density at radius 2 is 2.39 bits per heavy atom. The average Bonchev–Trinajstić information content (AvgIpc) is 2.94. The lowest BCUT2D eigenvalue weighted by Crippen LogP contribution is -2.22. The third-order valence-electron chi connectivity index (χ3n) is 2.82. The number of nitrogens with one attached hydrogen (secondary N) is 1. The highest BCUT2D eigenvalue weighted by Crippen LogP contribution is 2.39. The molecular formula is C12H13N3O3. The van der Waals surface area contributed by atoms with Crippen molar-refractivity contribution in [1.82, 2.24) is 15.5 Å². The Bertz CT molecular complexity index is 569. The molecule has 0 unspecified atom stereocenters. The predicted molar refractivity (Wildman–Crippen MR) is 60.9 cm³/mol. The Morgan fingerprint density at radius 1 is 1.56 bits per heavy atom. The number of rotatable bonds is 4. The second-order valence-electron chi connectivity index (χ2n) is 4.44. The molecule has 0 radical (unpaired) electrons.